The minimum atomic E-state index is 0.496. The molecular weight excluding hydrogens is 238 g/mol. The molecule has 3 rings (SSSR count). The zero-order valence-electron chi connectivity index (χ0n) is 11.6. The number of nitrogens with two attached hydrogens (primary N) is 1. The first-order valence-electron chi connectivity index (χ1n) is 7.07. The minimum absolute atomic E-state index is 0.496. The molecule has 4 heteroatoms. The van der Waals surface area contributed by atoms with E-state index in [1.54, 1.807) is 7.11 Å². The summed E-state index contributed by atoms with van der Waals surface area (Å²) in [5.74, 6) is 0.984. The summed E-state index contributed by atoms with van der Waals surface area (Å²) in [6, 6.07) is 8.32. The van der Waals surface area contributed by atoms with Crippen molar-refractivity contribution in [2.24, 2.45) is 11.1 Å². The van der Waals surface area contributed by atoms with Crippen LogP contribution in [-0.4, -0.2) is 51.3 Å². The molecule has 0 atom stereocenters. The molecule has 0 amide bonds. The summed E-state index contributed by atoms with van der Waals surface area (Å²) in [6.45, 7) is 6.50. The average molecular weight is 261 g/mol. The Bertz CT molecular complexity index is 443. The Labute approximate surface area is 115 Å². The first kappa shape index (κ1) is 12.8. The van der Waals surface area contributed by atoms with Gasteiger partial charge >= 0.3 is 0 Å². The molecule has 4 nitrogen and oxygen atoms in total. The average Bonchev–Trinajstić information content (AvgIpc) is 2.84. The number of likely N-dealkylation sites (tertiary alicyclic amines) is 1. The van der Waals surface area contributed by atoms with E-state index in [1.165, 1.54) is 25.2 Å². The molecule has 0 unspecified atom stereocenters. The molecule has 2 fully saturated rings. The smallest absolute Gasteiger partial charge is 0.142 e. The Kier molecular flexibility index (Phi) is 3.37. The normalized spacial score (nSPS) is 21.7. The number of anilines is 1. The zero-order valence-corrected chi connectivity index (χ0v) is 11.6. The van der Waals surface area contributed by atoms with Crippen LogP contribution in [0.15, 0.2) is 24.3 Å². The molecule has 0 radical (unpaired) electrons. The van der Waals surface area contributed by atoms with Gasteiger partial charge in [0.25, 0.3) is 0 Å². The highest BCUT2D eigenvalue weighted by Gasteiger charge is 2.47. The zero-order chi connectivity index (χ0) is 13.3. The largest absolute Gasteiger partial charge is 0.495 e. The molecule has 0 aromatic heterocycles. The van der Waals surface area contributed by atoms with E-state index < -0.39 is 0 Å². The van der Waals surface area contributed by atoms with Crippen molar-refractivity contribution in [3.63, 3.8) is 0 Å². The second kappa shape index (κ2) is 5.02. The maximum atomic E-state index is 5.61. The molecule has 1 aromatic rings. The van der Waals surface area contributed by atoms with Gasteiger partial charge in [0.15, 0.2) is 0 Å². The minimum Gasteiger partial charge on any atom is -0.495 e. The summed E-state index contributed by atoms with van der Waals surface area (Å²) >= 11 is 0. The monoisotopic (exact) mass is 261 g/mol. The van der Waals surface area contributed by atoms with Crippen LogP contribution in [0.2, 0.25) is 0 Å². The second-order valence-corrected chi connectivity index (χ2v) is 5.84. The van der Waals surface area contributed by atoms with Gasteiger partial charge in [-0.3, -0.25) is 0 Å². The molecule has 2 N–H and O–H groups in total. The van der Waals surface area contributed by atoms with E-state index in [1.807, 2.05) is 12.1 Å². The van der Waals surface area contributed by atoms with Crippen molar-refractivity contribution in [3.8, 4) is 5.75 Å². The molecule has 2 aliphatic rings. The lowest BCUT2D eigenvalue weighted by Crippen LogP contribution is -2.58. The third-order valence-corrected chi connectivity index (χ3v) is 4.43. The topological polar surface area (TPSA) is 41.7 Å². The van der Waals surface area contributed by atoms with E-state index in [2.05, 4.69) is 21.9 Å². The molecule has 2 heterocycles. The van der Waals surface area contributed by atoms with Gasteiger partial charge in [0.05, 0.1) is 12.8 Å². The standard InChI is InChI=1S/C15H23N3O/c1-19-14-5-3-2-4-13(14)18-8-6-15(12-18)10-17(11-15)9-7-16/h2-5H,6-12,16H2,1H3. The lowest BCUT2D eigenvalue weighted by molar-refractivity contribution is 0.0213. The lowest BCUT2D eigenvalue weighted by Gasteiger charge is -2.48. The van der Waals surface area contributed by atoms with Gasteiger partial charge in [0.1, 0.15) is 5.75 Å². The summed E-state index contributed by atoms with van der Waals surface area (Å²) in [5, 5.41) is 0. The molecule has 2 saturated heterocycles. The van der Waals surface area contributed by atoms with Gasteiger partial charge in [0.2, 0.25) is 0 Å². The third kappa shape index (κ3) is 2.30. The highest BCUT2D eigenvalue weighted by Crippen LogP contribution is 2.42. The first-order valence-corrected chi connectivity index (χ1v) is 7.07. The maximum absolute atomic E-state index is 5.61. The number of para-hydroxylation sites is 2. The van der Waals surface area contributed by atoms with Crippen LogP contribution in [-0.2, 0) is 0 Å². The van der Waals surface area contributed by atoms with Gasteiger partial charge in [0, 0.05) is 44.7 Å². The number of benzene rings is 1. The molecule has 0 aliphatic carbocycles. The maximum Gasteiger partial charge on any atom is 0.142 e. The molecule has 19 heavy (non-hydrogen) atoms. The molecule has 2 aliphatic heterocycles. The Morgan fingerprint density at radius 1 is 1.26 bits per heavy atom. The molecule has 1 aromatic carbocycles. The summed E-state index contributed by atoms with van der Waals surface area (Å²) < 4.78 is 5.47. The highest BCUT2D eigenvalue weighted by atomic mass is 16.5. The van der Waals surface area contributed by atoms with Crippen molar-refractivity contribution in [1.29, 1.82) is 0 Å². The van der Waals surface area contributed by atoms with Gasteiger partial charge in [-0.15, -0.1) is 0 Å². The van der Waals surface area contributed by atoms with Crippen molar-refractivity contribution >= 4 is 5.69 Å². The van der Waals surface area contributed by atoms with Gasteiger partial charge in [-0.25, -0.2) is 0 Å². The fourth-order valence-corrected chi connectivity index (χ4v) is 3.53. The first-order chi connectivity index (χ1) is 9.26. The van der Waals surface area contributed by atoms with E-state index in [0.717, 1.165) is 31.9 Å². The lowest BCUT2D eigenvalue weighted by atomic mass is 9.79. The van der Waals surface area contributed by atoms with E-state index >= 15 is 0 Å². The third-order valence-electron chi connectivity index (χ3n) is 4.43. The van der Waals surface area contributed by atoms with E-state index in [9.17, 15) is 0 Å². The molecule has 0 bridgehead atoms. The number of rotatable bonds is 4. The van der Waals surface area contributed by atoms with Gasteiger partial charge in [-0.05, 0) is 18.6 Å². The van der Waals surface area contributed by atoms with Crippen LogP contribution < -0.4 is 15.4 Å². The predicted molar refractivity (Wildman–Crippen MR) is 77.8 cm³/mol. The Balaban J connectivity index is 1.67. The quantitative estimate of drug-likeness (QED) is 0.883. The fourth-order valence-electron chi connectivity index (χ4n) is 3.53. The van der Waals surface area contributed by atoms with Crippen LogP contribution in [0, 0.1) is 5.41 Å². The van der Waals surface area contributed by atoms with E-state index in [-0.39, 0.29) is 0 Å². The van der Waals surface area contributed by atoms with Crippen LogP contribution in [0.3, 0.4) is 0 Å². The van der Waals surface area contributed by atoms with Crippen LogP contribution >= 0.6 is 0 Å². The van der Waals surface area contributed by atoms with Gasteiger partial charge in [-0.2, -0.15) is 0 Å². The molecule has 0 saturated carbocycles. The van der Waals surface area contributed by atoms with E-state index in [4.69, 9.17) is 10.5 Å². The Morgan fingerprint density at radius 3 is 2.79 bits per heavy atom. The number of methoxy groups -OCH3 is 1. The number of nitrogens with zero attached hydrogens (tertiary/aromatic N) is 2. The summed E-state index contributed by atoms with van der Waals surface area (Å²) in [5.41, 5.74) is 7.35. The van der Waals surface area contributed by atoms with E-state index in [0.29, 0.717) is 5.41 Å². The molecule has 1 spiro atoms. The van der Waals surface area contributed by atoms with Crippen LogP contribution in [0.4, 0.5) is 5.69 Å². The van der Waals surface area contributed by atoms with Crippen molar-refractivity contribution in [3.05, 3.63) is 24.3 Å². The van der Waals surface area contributed by atoms with Crippen molar-refractivity contribution in [2.75, 3.05) is 51.3 Å². The summed E-state index contributed by atoms with van der Waals surface area (Å²) in [7, 11) is 1.75. The summed E-state index contributed by atoms with van der Waals surface area (Å²) in [4.78, 5) is 4.93. The number of ether oxygens (including phenoxy) is 1. The predicted octanol–water partition coefficient (Wildman–Crippen LogP) is 1.17. The number of hydrogen-bond donors (Lipinski definition) is 1. The fraction of sp³-hybridized carbons (Fsp3) is 0.600. The van der Waals surface area contributed by atoms with Crippen molar-refractivity contribution < 1.29 is 4.74 Å². The van der Waals surface area contributed by atoms with Crippen LogP contribution in [0.5, 0.6) is 5.75 Å². The highest BCUT2D eigenvalue weighted by molar-refractivity contribution is 5.59. The second-order valence-electron chi connectivity index (χ2n) is 5.84. The van der Waals surface area contributed by atoms with Gasteiger partial charge in [-0.1, -0.05) is 12.1 Å². The van der Waals surface area contributed by atoms with Crippen LogP contribution in [0.25, 0.3) is 0 Å². The van der Waals surface area contributed by atoms with Gasteiger partial charge < -0.3 is 20.3 Å². The van der Waals surface area contributed by atoms with Crippen LogP contribution in [0.1, 0.15) is 6.42 Å². The number of hydrogen-bond acceptors (Lipinski definition) is 4. The Hall–Kier alpha value is -1.26. The molecular formula is C15H23N3O. The summed E-state index contributed by atoms with van der Waals surface area (Å²) in [6.07, 6.45) is 1.28. The molecule has 104 valence electrons. The van der Waals surface area contributed by atoms with Crippen molar-refractivity contribution in [2.45, 2.75) is 6.42 Å². The van der Waals surface area contributed by atoms with Crippen molar-refractivity contribution in [1.82, 2.24) is 4.90 Å². The SMILES string of the molecule is COc1ccccc1N1CCC2(CN(CCN)C2)C1. The Morgan fingerprint density at radius 2 is 2.05 bits per heavy atom.